The quantitative estimate of drug-likeness (QED) is 0.712. The van der Waals surface area contributed by atoms with E-state index in [9.17, 15) is 14.4 Å². The van der Waals surface area contributed by atoms with E-state index in [-0.39, 0.29) is 26.2 Å². The topological polar surface area (TPSA) is 40.9 Å². The van der Waals surface area contributed by atoms with Crippen molar-refractivity contribution in [3.63, 3.8) is 0 Å². The van der Waals surface area contributed by atoms with Gasteiger partial charge in [-0.2, -0.15) is 5.26 Å². The molecule has 0 spiro atoms. The molecule has 2 nitrogen and oxygen atoms in total. The molecule has 0 radical (unpaired) electrons. The van der Waals surface area contributed by atoms with E-state index in [1.165, 1.54) is 24.3 Å². The lowest BCUT2D eigenvalue weighted by Gasteiger charge is -2.13. The van der Waals surface area contributed by atoms with E-state index < -0.39 is 17.5 Å². The Hall–Kier alpha value is -1.60. The van der Waals surface area contributed by atoms with Gasteiger partial charge in [-0.05, 0) is 24.3 Å². The third-order valence-corrected chi connectivity index (χ3v) is 3.85. The van der Waals surface area contributed by atoms with Crippen molar-refractivity contribution in [2.24, 2.45) is 0 Å². The molecule has 0 aromatic heterocycles. The van der Waals surface area contributed by atoms with Gasteiger partial charge in [0.15, 0.2) is 5.78 Å². The van der Waals surface area contributed by atoms with Crippen molar-refractivity contribution in [1.29, 1.82) is 5.26 Å². The first-order valence-electron chi connectivity index (χ1n) is 5.79. The molecule has 21 heavy (non-hydrogen) atoms. The predicted octanol–water partition coefficient (Wildman–Crippen LogP) is 5.28. The minimum atomic E-state index is -1.42. The maximum atomic E-state index is 13.9. The first-order valence-corrected chi connectivity index (χ1v) is 6.92. The van der Waals surface area contributed by atoms with Crippen LogP contribution in [0, 0.1) is 17.1 Å². The number of Topliss-reactive ketones (excluding diaryl/α,β-unsaturated/α-hetero) is 1. The largest absolute Gasteiger partial charge is 0.292 e. The van der Waals surface area contributed by atoms with Gasteiger partial charge >= 0.3 is 0 Å². The number of hydrogen-bond acceptors (Lipinski definition) is 2. The number of benzene rings is 2. The molecule has 6 heteroatoms. The second kappa shape index (κ2) is 6.44. The summed E-state index contributed by atoms with van der Waals surface area (Å²) in [7, 11) is 0. The Morgan fingerprint density at radius 1 is 1.05 bits per heavy atom. The summed E-state index contributed by atoms with van der Waals surface area (Å²) in [6.07, 6.45) is 0. The van der Waals surface area contributed by atoms with Crippen molar-refractivity contribution in [1.82, 2.24) is 0 Å². The van der Waals surface area contributed by atoms with Gasteiger partial charge in [0.25, 0.3) is 0 Å². The van der Waals surface area contributed by atoms with Gasteiger partial charge in [0.05, 0.1) is 21.7 Å². The lowest BCUT2D eigenvalue weighted by atomic mass is 9.91. The molecule has 1 unspecified atom stereocenters. The van der Waals surface area contributed by atoms with Crippen molar-refractivity contribution in [2.45, 2.75) is 5.92 Å². The van der Waals surface area contributed by atoms with Crippen LogP contribution in [0.3, 0.4) is 0 Å². The SMILES string of the molecule is N#CC(C(=O)c1c(Cl)cccc1Cl)c1c(F)cccc1Cl. The number of nitriles is 1. The van der Waals surface area contributed by atoms with Gasteiger partial charge in [-0.15, -0.1) is 0 Å². The van der Waals surface area contributed by atoms with Gasteiger partial charge in [-0.25, -0.2) is 4.39 Å². The smallest absolute Gasteiger partial charge is 0.187 e. The number of nitrogens with zero attached hydrogens (tertiary/aromatic N) is 1. The summed E-state index contributed by atoms with van der Waals surface area (Å²) in [6.45, 7) is 0. The Kier molecular flexibility index (Phi) is 4.84. The fourth-order valence-corrected chi connectivity index (χ4v) is 2.77. The molecular formula is C15H7Cl3FNO. The highest BCUT2D eigenvalue weighted by molar-refractivity contribution is 6.40. The Labute approximate surface area is 135 Å². The Morgan fingerprint density at radius 2 is 1.57 bits per heavy atom. The summed E-state index contributed by atoms with van der Waals surface area (Å²) in [5.74, 6) is -2.85. The van der Waals surface area contributed by atoms with E-state index >= 15 is 0 Å². The van der Waals surface area contributed by atoms with Crippen LogP contribution in [-0.4, -0.2) is 5.78 Å². The van der Waals surface area contributed by atoms with Gasteiger partial charge in [0.1, 0.15) is 11.7 Å². The van der Waals surface area contributed by atoms with Crippen LogP contribution in [-0.2, 0) is 0 Å². The van der Waals surface area contributed by atoms with Crippen LogP contribution < -0.4 is 0 Å². The van der Waals surface area contributed by atoms with Crippen LogP contribution in [0.2, 0.25) is 15.1 Å². The molecule has 0 aliphatic carbocycles. The summed E-state index contributed by atoms with van der Waals surface area (Å²) < 4.78 is 13.9. The third kappa shape index (κ3) is 3.03. The molecule has 0 amide bonds. The van der Waals surface area contributed by atoms with Crippen molar-refractivity contribution < 1.29 is 9.18 Å². The number of rotatable bonds is 3. The van der Waals surface area contributed by atoms with Gasteiger partial charge < -0.3 is 0 Å². The normalized spacial score (nSPS) is 11.8. The summed E-state index contributed by atoms with van der Waals surface area (Å²) in [4.78, 5) is 12.5. The Bertz CT molecular complexity index is 715. The maximum Gasteiger partial charge on any atom is 0.187 e. The molecule has 0 N–H and O–H groups in total. The summed E-state index contributed by atoms with van der Waals surface area (Å²) in [5, 5.41) is 9.45. The van der Waals surface area contributed by atoms with Gasteiger partial charge in [-0.3, -0.25) is 4.79 Å². The van der Waals surface area contributed by atoms with Crippen LogP contribution in [0.4, 0.5) is 4.39 Å². The highest BCUT2D eigenvalue weighted by Gasteiger charge is 2.29. The molecule has 0 fully saturated rings. The average Bonchev–Trinajstić information content (AvgIpc) is 2.42. The van der Waals surface area contributed by atoms with E-state index in [1.807, 2.05) is 0 Å². The zero-order chi connectivity index (χ0) is 15.6. The van der Waals surface area contributed by atoms with Gasteiger partial charge in [0.2, 0.25) is 0 Å². The standard InChI is InChI=1S/C15H7Cl3FNO/c16-9-5-2-6-12(19)13(9)8(7-20)15(21)14-10(17)3-1-4-11(14)18/h1-6,8H. The van der Waals surface area contributed by atoms with Crippen LogP contribution in [0.1, 0.15) is 21.8 Å². The minimum Gasteiger partial charge on any atom is -0.292 e. The zero-order valence-corrected chi connectivity index (χ0v) is 12.7. The first-order chi connectivity index (χ1) is 9.97. The summed E-state index contributed by atoms with van der Waals surface area (Å²) >= 11 is 17.8. The Balaban J connectivity index is 2.58. The molecule has 106 valence electrons. The molecular weight excluding hydrogens is 336 g/mol. The lowest BCUT2D eigenvalue weighted by Crippen LogP contribution is -2.14. The van der Waals surface area contributed by atoms with E-state index in [0.29, 0.717) is 0 Å². The van der Waals surface area contributed by atoms with Crippen molar-refractivity contribution in [2.75, 3.05) is 0 Å². The number of ketones is 1. The molecule has 0 aliphatic heterocycles. The number of carbonyl (C=O) groups excluding carboxylic acids is 1. The van der Waals surface area contributed by atoms with E-state index in [4.69, 9.17) is 34.8 Å². The number of halogens is 4. The van der Waals surface area contributed by atoms with E-state index in [0.717, 1.165) is 6.07 Å². The van der Waals surface area contributed by atoms with Crippen LogP contribution in [0.25, 0.3) is 0 Å². The lowest BCUT2D eigenvalue weighted by molar-refractivity contribution is 0.0978. The Morgan fingerprint density at radius 3 is 2.10 bits per heavy atom. The molecule has 2 aromatic rings. The van der Waals surface area contributed by atoms with Crippen LogP contribution >= 0.6 is 34.8 Å². The molecule has 0 saturated carbocycles. The van der Waals surface area contributed by atoms with Gasteiger partial charge in [0, 0.05) is 10.6 Å². The highest BCUT2D eigenvalue weighted by atomic mass is 35.5. The minimum absolute atomic E-state index is 0.00178. The number of hydrogen-bond donors (Lipinski definition) is 0. The van der Waals surface area contributed by atoms with E-state index in [1.54, 1.807) is 12.1 Å². The molecule has 0 aliphatic rings. The summed E-state index contributed by atoms with van der Waals surface area (Å²) in [5.41, 5.74) is -0.200. The second-order valence-electron chi connectivity index (χ2n) is 4.16. The van der Waals surface area contributed by atoms with E-state index in [2.05, 4.69) is 0 Å². The van der Waals surface area contributed by atoms with Crippen LogP contribution in [0.5, 0.6) is 0 Å². The van der Waals surface area contributed by atoms with Crippen molar-refractivity contribution in [3.05, 3.63) is 68.4 Å². The monoisotopic (exact) mass is 341 g/mol. The molecule has 0 bridgehead atoms. The molecule has 0 saturated heterocycles. The second-order valence-corrected chi connectivity index (χ2v) is 5.38. The fraction of sp³-hybridized carbons (Fsp3) is 0.0667. The highest BCUT2D eigenvalue weighted by Crippen LogP contribution is 2.34. The molecule has 2 rings (SSSR count). The zero-order valence-electron chi connectivity index (χ0n) is 10.4. The van der Waals surface area contributed by atoms with Gasteiger partial charge in [-0.1, -0.05) is 46.9 Å². The molecule has 2 aromatic carbocycles. The molecule has 1 atom stereocenters. The number of carbonyl (C=O) groups is 1. The summed E-state index contributed by atoms with van der Waals surface area (Å²) in [6, 6.07) is 10.2. The maximum absolute atomic E-state index is 13.9. The molecule has 0 heterocycles. The van der Waals surface area contributed by atoms with Crippen LogP contribution in [0.15, 0.2) is 36.4 Å². The first kappa shape index (κ1) is 15.8. The third-order valence-electron chi connectivity index (χ3n) is 2.89. The predicted molar refractivity (Wildman–Crippen MR) is 80.6 cm³/mol. The van der Waals surface area contributed by atoms with Crippen molar-refractivity contribution >= 4 is 40.6 Å². The van der Waals surface area contributed by atoms with Crippen molar-refractivity contribution in [3.8, 4) is 6.07 Å². The average molecular weight is 343 g/mol. The fourth-order valence-electron chi connectivity index (χ4n) is 1.92.